The van der Waals surface area contributed by atoms with Gasteiger partial charge in [0.1, 0.15) is 0 Å². The lowest BCUT2D eigenvalue weighted by Crippen LogP contribution is -2.13. The van der Waals surface area contributed by atoms with Gasteiger partial charge >= 0.3 is 0 Å². The standard InChI is InChI=1S/C16H18N2/c1-4-10-17-12-15-11-13(2)18(14(15)3)16-8-6-5-7-9-16/h1,5-9,11,17H,10,12H2,2-3H3. The van der Waals surface area contributed by atoms with Crippen molar-refractivity contribution in [3.8, 4) is 18.0 Å². The van der Waals surface area contributed by atoms with E-state index in [0.29, 0.717) is 6.54 Å². The van der Waals surface area contributed by atoms with Crippen LogP contribution in [-0.2, 0) is 6.54 Å². The summed E-state index contributed by atoms with van der Waals surface area (Å²) >= 11 is 0. The molecule has 0 saturated heterocycles. The highest BCUT2D eigenvalue weighted by Gasteiger charge is 2.09. The molecule has 0 aliphatic heterocycles. The summed E-state index contributed by atoms with van der Waals surface area (Å²) in [6.45, 7) is 5.70. The SMILES string of the molecule is C#CCNCc1cc(C)n(-c2ccccc2)c1C. The van der Waals surface area contributed by atoms with Gasteiger partial charge in [-0.15, -0.1) is 6.42 Å². The number of hydrogen-bond donors (Lipinski definition) is 1. The normalized spacial score (nSPS) is 10.3. The van der Waals surface area contributed by atoms with Gasteiger partial charge in [-0.05, 0) is 37.6 Å². The molecule has 0 radical (unpaired) electrons. The van der Waals surface area contributed by atoms with E-state index < -0.39 is 0 Å². The summed E-state index contributed by atoms with van der Waals surface area (Å²) < 4.78 is 2.27. The summed E-state index contributed by atoms with van der Waals surface area (Å²) in [6, 6.07) is 12.6. The second kappa shape index (κ2) is 5.57. The zero-order chi connectivity index (χ0) is 13.0. The minimum Gasteiger partial charge on any atom is -0.318 e. The van der Waals surface area contributed by atoms with E-state index >= 15 is 0 Å². The number of terminal acetylenes is 1. The predicted molar refractivity (Wildman–Crippen MR) is 75.8 cm³/mol. The van der Waals surface area contributed by atoms with Crippen LogP contribution < -0.4 is 5.32 Å². The highest BCUT2D eigenvalue weighted by Crippen LogP contribution is 2.20. The maximum Gasteiger partial charge on any atom is 0.0576 e. The molecule has 1 N–H and O–H groups in total. The monoisotopic (exact) mass is 238 g/mol. The lowest BCUT2D eigenvalue weighted by molar-refractivity contribution is 0.763. The van der Waals surface area contributed by atoms with E-state index in [4.69, 9.17) is 6.42 Å². The molecule has 1 aromatic heterocycles. The fraction of sp³-hybridized carbons (Fsp3) is 0.250. The second-order valence-electron chi connectivity index (χ2n) is 4.38. The van der Waals surface area contributed by atoms with E-state index in [1.165, 1.54) is 22.6 Å². The Morgan fingerprint density at radius 1 is 1.22 bits per heavy atom. The molecule has 0 fully saturated rings. The maximum atomic E-state index is 5.24. The minimum atomic E-state index is 0.606. The first-order valence-electron chi connectivity index (χ1n) is 6.11. The molecule has 92 valence electrons. The van der Waals surface area contributed by atoms with Gasteiger partial charge in [0.25, 0.3) is 0 Å². The van der Waals surface area contributed by atoms with Gasteiger partial charge in [-0.3, -0.25) is 0 Å². The van der Waals surface area contributed by atoms with Crippen LogP contribution in [0, 0.1) is 26.2 Å². The number of para-hydroxylation sites is 1. The molecule has 0 atom stereocenters. The molecule has 1 aromatic carbocycles. The average molecular weight is 238 g/mol. The van der Waals surface area contributed by atoms with Gasteiger partial charge in [0.05, 0.1) is 6.54 Å². The number of nitrogens with zero attached hydrogens (tertiary/aromatic N) is 1. The molecule has 2 rings (SSSR count). The maximum absolute atomic E-state index is 5.24. The van der Waals surface area contributed by atoms with Crippen LogP contribution in [0.1, 0.15) is 17.0 Å². The van der Waals surface area contributed by atoms with Gasteiger partial charge in [0.15, 0.2) is 0 Å². The van der Waals surface area contributed by atoms with Gasteiger partial charge in [0.2, 0.25) is 0 Å². The number of nitrogens with one attached hydrogen (secondary N) is 1. The highest BCUT2D eigenvalue weighted by molar-refractivity contribution is 5.40. The van der Waals surface area contributed by atoms with E-state index in [0.717, 1.165) is 6.54 Å². The van der Waals surface area contributed by atoms with Crippen molar-refractivity contribution >= 4 is 0 Å². The largest absolute Gasteiger partial charge is 0.318 e. The molecule has 18 heavy (non-hydrogen) atoms. The third-order valence-electron chi connectivity index (χ3n) is 3.09. The Morgan fingerprint density at radius 2 is 1.94 bits per heavy atom. The summed E-state index contributed by atoms with van der Waals surface area (Å²) in [5.74, 6) is 2.59. The van der Waals surface area contributed by atoms with Crippen molar-refractivity contribution in [3.05, 3.63) is 53.3 Å². The third kappa shape index (κ3) is 2.47. The smallest absolute Gasteiger partial charge is 0.0576 e. The van der Waals surface area contributed by atoms with Gasteiger partial charge in [-0.2, -0.15) is 0 Å². The lowest BCUT2D eigenvalue weighted by atomic mass is 10.2. The van der Waals surface area contributed by atoms with Crippen molar-refractivity contribution in [1.82, 2.24) is 9.88 Å². The van der Waals surface area contributed by atoms with Crippen LogP contribution in [0.25, 0.3) is 5.69 Å². The molecule has 0 unspecified atom stereocenters. The lowest BCUT2D eigenvalue weighted by Gasteiger charge is -2.09. The van der Waals surface area contributed by atoms with Crippen molar-refractivity contribution in [3.63, 3.8) is 0 Å². The predicted octanol–water partition coefficient (Wildman–Crippen LogP) is 2.82. The molecular formula is C16H18N2. The van der Waals surface area contributed by atoms with Crippen molar-refractivity contribution in [2.75, 3.05) is 6.54 Å². The Bertz CT molecular complexity index is 559. The van der Waals surface area contributed by atoms with Crippen molar-refractivity contribution < 1.29 is 0 Å². The quantitative estimate of drug-likeness (QED) is 0.640. The summed E-state index contributed by atoms with van der Waals surface area (Å²) in [6.07, 6.45) is 5.24. The van der Waals surface area contributed by atoms with Crippen LogP contribution in [0.4, 0.5) is 0 Å². The van der Waals surface area contributed by atoms with Crippen LogP contribution in [-0.4, -0.2) is 11.1 Å². The average Bonchev–Trinajstić information content (AvgIpc) is 2.66. The fourth-order valence-electron chi connectivity index (χ4n) is 2.25. The van der Waals surface area contributed by atoms with Crippen LogP contribution in [0.15, 0.2) is 36.4 Å². The Morgan fingerprint density at radius 3 is 2.61 bits per heavy atom. The summed E-state index contributed by atoms with van der Waals surface area (Å²) in [5.41, 5.74) is 5.02. The van der Waals surface area contributed by atoms with Gasteiger partial charge in [-0.25, -0.2) is 0 Å². The number of aryl methyl sites for hydroxylation is 1. The first-order chi connectivity index (χ1) is 8.74. The van der Waals surface area contributed by atoms with Crippen LogP contribution in [0.3, 0.4) is 0 Å². The molecule has 0 amide bonds. The van der Waals surface area contributed by atoms with Crippen molar-refractivity contribution in [1.29, 1.82) is 0 Å². The number of benzene rings is 1. The second-order valence-corrected chi connectivity index (χ2v) is 4.38. The number of rotatable bonds is 4. The van der Waals surface area contributed by atoms with E-state index in [-0.39, 0.29) is 0 Å². The summed E-state index contributed by atoms with van der Waals surface area (Å²) in [5, 5.41) is 3.23. The van der Waals surface area contributed by atoms with Crippen molar-refractivity contribution in [2.24, 2.45) is 0 Å². The molecular weight excluding hydrogens is 220 g/mol. The highest BCUT2D eigenvalue weighted by atomic mass is 15.0. The molecule has 0 aliphatic carbocycles. The topological polar surface area (TPSA) is 17.0 Å². The van der Waals surface area contributed by atoms with Gasteiger partial charge < -0.3 is 9.88 Å². The molecule has 1 heterocycles. The summed E-state index contributed by atoms with van der Waals surface area (Å²) in [7, 11) is 0. The van der Waals surface area contributed by atoms with E-state index in [2.05, 4.69) is 60.0 Å². The van der Waals surface area contributed by atoms with Crippen LogP contribution in [0.2, 0.25) is 0 Å². The Kier molecular flexibility index (Phi) is 3.86. The molecule has 0 saturated carbocycles. The van der Waals surface area contributed by atoms with Crippen molar-refractivity contribution in [2.45, 2.75) is 20.4 Å². The van der Waals surface area contributed by atoms with Crippen LogP contribution >= 0.6 is 0 Å². The third-order valence-corrected chi connectivity index (χ3v) is 3.09. The van der Waals surface area contributed by atoms with E-state index in [1.807, 2.05) is 6.07 Å². The molecule has 0 bridgehead atoms. The first kappa shape index (κ1) is 12.5. The fourth-order valence-corrected chi connectivity index (χ4v) is 2.25. The molecule has 0 aliphatic rings. The zero-order valence-corrected chi connectivity index (χ0v) is 10.9. The Hall–Kier alpha value is -1.98. The summed E-state index contributed by atoms with van der Waals surface area (Å²) in [4.78, 5) is 0. The van der Waals surface area contributed by atoms with E-state index in [1.54, 1.807) is 0 Å². The number of aromatic nitrogens is 1. The molecule has 2 aromatic rings. The zero-order valence-electron chi connectivity index (χ0n) is 10.9. The van der Waals surface area contributed by atoms with E-state index in [9.17, 15) is 0 Å². The molecule has 2 heteroatoms. The number of hydrogen-bond acceptors (Lipinski definition) is 1. The Balaban J connectivity index is 2.30. The Labute approximate surface area is 109 Å². The first-order valence-corrected chi connectivity index (χ1v) is 6.11. The van der Waals surface area contributed by atoms with Gasteiger partial charge in [-0.1, -0.05) is 24.1 Å². The van der Waals surface area contributed by atoms with Gasteiger partial charge in [0, 0.05) is 23.6 Å². The minimum absolute atomic E-state index is 0.606. The van der Waals surface area contributed by atoms with Crippen LogP contribution in [0.5, 0.6) is 0 Å². The molecule has 0 spiro atoms. The molecule has 2 nitrogen and oxygen atoms in total.